The SMILES string of the molecule is CCS(=O)(=O)N1CCC(NC(=O)c2csc(CCN)n2)CC1.Cl. The van der Waals surface area contributed by atoms with Crippen molar-refractivity contribution in [3.63, 3.8) is 0 Å². The highest BCUT2D eigenvalue weighted by molar-refractivity contribution is 7.89. The quantitative estimate of drug-likeness (QED) is 0.749. The third-order valence-corrected chi connectivity index (χ3v) is 6.48. The lowest BCUT2D eigenvalue weighted by atomic mass is 10.1. The third kappa shape index (κ3) is 5.39. The van der Waals surface area contributed by atoms with Crippen LogP contribution in [0.25, 0.3) is 0 Å². The molecule has 10 heteroatoms. The van der Waals surface area contributed by atoms with E-state index in [1.807, 2.05) is 0 Å². The van der Waals surface area contributed by atoms with E-state index in [0.29, 0.717) is 44.6 Å². The summed E-state index contributed by atoms with van der Waals surface area (Å²) in [6, 6.07) is -0.00420. The molecule has 7 nitrogen and oxygen atoms in total. The molecule has 1 amide bonds. The highest BCUT2D eigenvalue weighted by Gasteiger charge is 2.27. The molecule has 1 aromatic rings. The number of sulfonamides is 1. The Morgan fingerprint density at radius 3 is 2.70 bits per heavy atom. The van der Waals surface area contributed by atoms with Crippen LogP contribution in [-0.2, 0) is 16.4 Å². The van der Waals surface area contributed by atoms with E-state index in [1.54, 1.807) is 12.3 Å². The van der Waals surface area contributed by atoms with E-state index in [-0.39, 0.29) is 30.1 Å². The lowest BCUT2D eigenvalue weighted by molar-refractivity contribution is 0.0919. The molecule has 0 aliphatic carbocycles. The fourth-order valence-electron chi connectivity index (χ4n) is 2.37. The topological polar surface area (TPSA) is 105 Å². The maximum absolute atomic E-state index is 12.1. The lowest BCUT2D eigenvalue weighted by Gasteiger charge is -2.31. The zero-order valence-electron chi connectivity index (χ0n) is 13.0. The number of hydrogen-bond acceptors (Lipinski definition) is 6. The normalized spacial score (nSPS) is 16.8. The van der Waals surface area contributed by atoms with Crippen LogP contribution in [0.4, 0.5) is 0 Å². The van der Waals surface area contributed by atoms with E-state index < -0.39 is 10.0 Å². The lowest BCUT2D eigenvalue weighted by Crippen LogP contribution is -2.46. The van der Waals surface area contributed by atoms with Gasteiger partial charge in [-0.15, -0.1) is 23.7 Å². The van der Waals surface area contributed by atoms with Gasteiger partial charge in [0.15, 0.2) is 0 Å². The Morgan fingerprint density at radius 2 is 2.13 bits per heavy atom. The predicted octanol–water partition coefficient (Wildman–Crippen LogP) is 0.610. The van der Waals surface area contributed by atoms with Gasteiger partial charge in [-0.25, -0.2) is 17.7 Å². The van der Waals surface area contributed by atoms with Crippen LogP contribution in [0.3, 0.4) is 0 Å². The van der Waals surface area contributed by atoms with Crippen LogP contribution in [0.15, 0.2) is 5.38 Å². The molecule has 0 atom stereocenters. The third-order valence-electron chi connectivity index (χ3n) is 3.69. The van der Waals surface area contributed by atoms with Gasteiger partial charge in [-0.3, -0.25) is 4.79 Å². The molecule has 1 aliphatic rings. The van der Waals surface area contributed by atoms with Gasteiger partial charge >= 0.3 is 0 Å². The number of carbonyl (C=O) groups is 1. The number of halogens is 1. The summed E-state index contributed by atoms with van der Waals surface area (Å²) in [4.78, 5) is 16.4. The molecule has 0 bridgehead atoms. The minimum Gasteiger partial charge on any atom is -0.348 e. The maximum atomic E-state index is 12.1. The van der Waals surface area contributed by atoms with E-state index in [2.05, 4.69) is 10.3 Å². The number of carbonyl (C=O) groups excluding carboxylic acids is 1. The summed E-state index contributed by atoms with van der Waals surface area (Å²) in [5.41, 5.74) is 5.88. The Morgan fingerprint density at radius 1 is 1.48 bits per heavy atom. The molecule has 1 aliphatic heterocycles. The van der Waals surface area contributed by atoms with Crippen LogP contribution in [0.5, 0.6) is 0 Å². The van der Waals surface area contributed by atoms with Crippen molar-refractivity contribution in [2.45, 2.75) is 32.2 Å². The number of hydrogen-bond donors (Lipinski definition) is 2. The number of nitrogens with one attached hydrogen (secondary N) is 1. The number of piperidine rings is 1. The minimum atomic E-state index is -3.13. The van der Waals surface area contributed by atoms with Gasteiger partial charge in [0.1, 0.15) is 5.69 Å². The van der Waals surface area contributed by atoms with Crippen molar-refractivity contribution in [2.75, 3.05) is 25.4 Å². The van der Waals surface area contributed by atoms with Crippen molar-refractivity contribution >= 4 is 39.7 Å². The first-order valence-electron chi connectivity index (χ1n) is 7.39. The molecule has 1 aromatic heterocycles. The Bertz CT molecular complexity index is 612. The Kier molecular flexibility index (Phi) is 7.88. The standard InChI is InChI=1S/C13H22N4O3S2.ClH/c1-2-22(19,20)17-7-4-10(5-8-17)15-13(18)11-9-21-12(16-11)3-6-14;/h9-10H,2-8,14H2,1H3,(H,15,18);1H. The van der Waals surface area contributed by atoms with Crippen LogP contribution in [0.1, 0.15) is 35.3 Å². The summed E-state index contributed by atoms with van der Waals surface area (Å²) in [5, 5.41) is 5.52. The largest absolute Gasteiger partial charge is 0.348 e. The van der Waals surface area contributed by atoms with Gasteiger partial charge in [-0.1, -0.05) is 0 Å². The zero-order valence-corrected chi connectivity index (χ0v) is 15.5. The molecule has 132 valence electrons. The number of nitrogens with two attached hydrogens (primary N) is 1. The molecule has 1 fully saturated rings. The molecule has 3 N–H and O–H groups in total. The molecule has 2 rings (SSSR count). The second kappa shape index (κ2) is 8.93. The first-order chi connectivity index (χ1) is 10.5. The minimum absolute atomic E-state index is 0. The predicted molar refractivity (Wildman–Crippen MR) is 93.6 cm³/mol. The van der Waals surface area contributed by atoms with E-state index in [0.717, 1.165) is 5.01 Å². The van der Waals surface area contributed by atoms with Crippen LogP contribution in [0.2, 0.25) is 0 Å². The fraction of sp³-hybridized carbons (Fsp3) is 0.692. The molecule has 0 unspecified atom stereocenters. The maximum Gasteiger partial charge on any atom is 0.270 e. The molecule has 1 saturated heterocycles. The fourth-order valence-corrected chi connectivity index (χ4v) is 4.30. The van der Waals surface area contributed by atoms with Gasteiger partial charge in [-0.2, -0.15) is 0 Å². The van der Waals surface area contributed by atoms with E-state index in [4.69, 9.17) is 5.73 Å². The molecule has 0 aromatic carbocycles. The van der Waals surface area contributed by atoms with Gasteiger partial charge in [0.2, 0.25) is 10.0 Å². The number of thiazole rings is 1. The molecule has 0 spiro atoms. The van der Waals surface area contributed by atoms with Crippen molar-refractivity contribution in [1.29, 1.82) is 0 Å². The van der Waals surface area contributed by atoms with Crippen molar-refractivity contribution in [3.05, 3.63) is 16.1 Å². The second-order valence-electron chi connectivity index (χ2n) is 5.21. The van der Waals surface area contributed by atoms with Gasteiger partial charge in [0, 0.05) is 30.9 Å². The first kappa shape index (κ1) is 20.3. The zero-order chi connectivity index (χ0) is 16.2. The second-order valence-corrected chi connectivity index (χ2v) is 8.41. The van der Waals surface area contributed by atoms with Crippen molar-refractivity contribution in [3.8, 4) is 0 Å². The van der Waals surface area contributed by atoms with Crippen molar-refractivity contribution in [2.24, 2.45) is 5.73 Å². The molecular formula is C13H23ClN4O3S2. The molecular weight excluding hydrogens is 360 g/mol. The summed E-state index contributed by atoms with van der Waals surface area (Å²) < 4.78 is 25.1. The Hall–Kier alpha value is -0.740. The van der Waals surface area contributed by atoms with Gasteiger partial charge in [0.25, 0.3) is 5.91 Å². The summed E-state index contributed by atoms with van der Waals surface area (Å²) in [5.74, 6) is -0.0800. The van der Waals surface area contributed by atoms with Crippen LogP contribution < -0.4 is 11.1 Å². The van der Waals surface area contributed by atoms with Gasteiger partial charge < -0.3 is 11.1 Å². The summed E-state index contributed by atoms with van der Waals surface area (Å²) in [6.07, 6.45) is 1.93. The highest BCUT2D eigenvalue weighted by atomic mass is 35.5. The average Bonchev–Trinajstić information content (AvgIpc) is 2.97. The monoisotopic (exact) mass is 382 g/mol. The van der Waals surface area contributed by atoms with E-state index >= 15 is 0 Å². The van der Waals surface area contributed by atoms with Crippen LogP contribution in [-0.4, -0.2) is 55.0 Å². The Balaban J connectivity index is 0.00000264. The first-order valence-corrected chi connectivity index (χ1v) is 9.88. The highest BCUT2D eigenvalue weighted by Crippen LogP contribution is 2.16. The molecule has 0 saturated carbocycles. The number of rotatable bonds is 6. The van der Waals surface area contributed by atoms with Gasteiger partial charge in [0.05, 0.1) is 10.8 Å². The molecule has 23 heavy (non-hydrogen) atoms. The van der Waals surface area contributed by atoms with Crippen molar-refractivity contribution in [1.82, 2.24) is 14.6 Å². The van der Waals surface area contributed by atoms with E-state index in [9.17, 15) is 13.2 Å². The average molecular weight is 383 g/mol. The van der Waals surface area contributed by atoms with Crippen LogP contribution in [0, 0.1) is 0 Å². The number of aromatic nitrogens is 1. The number of nitrogens with zero attached hydrogens (tertiary/aromatic N) is 2. The number of amides is 1. The summed E-state index contributed by atoms with van der Waals surface area (Å²) >= 11 is 1.43. The van der Waals surface area contributed by atoms with Crippen LogP contribution >= 0.6 is 23.7 Å². The Labute approximate surface area is 147 Å². The molecule has 0 radical (unpaired) electrons. The van der Waals surface area contributed by atoms with Crippen molar-refractivity contribution < 1.29 is 13.2 Å². The van der Waals surface area contributed by atoms with Gasteiger partial charge in [-0.05, 0) is 26.3 Å². The summed E-state index contributed by atoms with van der Waals surface area (Å²) in [6.45, 7) is 3.07. The summed E-state index contributed by atoms with van der Waals surface area (Å²) in [7, 11) is -3.13. The molecule has 2 heterocycles. The van der Waals surface area contributed by atoms with E-state index in [1.165, 1.54) is 15.6 Å². The smallest absolute Gasteiger partial charge is 0.270 e.